The Hall–Kier alpha value is -1.68. The zero-order valence-electron chi connectivity index (χ0n) is 9.07. The molecule has 1 N–H and O–H groups in total. The standard InChI is InChI=1S/C11H12ClN3O/c1-13-8-6-14-15(7-8)9-3-4-11(16-2)10(12)5-9/h3-7,13H,1-2H3. The van der Waals surface area contributed by atoms with Crippen LogP contribution in [0.3, 0.4) is 0 Å². The molecule has 0 aliphatic heterocycles. The minimum absolute atomic E-state index is 0.571. The van der Waals surface area contributed by atoms with Crippen molar-refractivity contribution in [2.45, 2.75) is 0 Å². The van der Waals surface area contributed by atoms with E-state index in [0.29, 0.717) is 10.8 Å². The quantitative estimate of drug-likeness (QED) is 0.892. The summed E-state index contributed by atoms with van der Waals surface area (Å²) in [5.74, 6) is 0.659. The van der Waals surface area contributed by atoms with E-state index in [2.05, 4.69) is 10.4 Å². The number of ether oxygens (including phenoxy) is 1. The summed E-state index contributed by atoms with van der Waals surface area (Å²) in [5, 5.41) is 7.79. The van der Waals surface area contributed by atoms with Gasteiger partial charge in [-0.05, 0) is 18.2 Å². The fraction of sp³-hybridized carbons (Fsp3) is 0.182. The van der Waals surface area contributed by atoms with E-state index in [0.717, 1.165) is 11.4 Å². The van der Waals surface area contributed by atoms with Gasteiger partial charge in [0, 0.05) is 7.05 Å². The van der Waals surface area contributed by atoms with Crippen LogP contribution in [0.2, 0.25) is 5.02 Å². The van der Waals surface area contributed by atoms with Crippen molar-refractivity contribution >= 4 is 17.3 Å². The van der Waals surface area contributed by atoms with E-state index in [1.807, 2.05) is 31.4 Å². The van der Waals surface area contributed by atoms with E-state index in [1.54, 1.807) is 18.0 Å². The maximum Gasteiger partial charge on any atom is 0.137 e. The number of rotatable bonds is 3. The van der Waals surface area contributed by atoms with Crippen LogP contribution in [0.15, 0.2) is 30.6 Å². The predicted molar refractivity (Wildman–Crippen MR) is 64.7 cm³/mol. The molecule has 0 amide bonds. The van der Waals surface area contributed by atoms with Gasteiger partial charge < -0.3 is 10.1 Å². The topological polar surface area (TPSA) is 39.1 Å². The third kappa shape index (κ3) is 1.97. The van der Waals surface area contributed by atoms with E-state index >= 15 is 0 Å². The average Bonchev–Trinajstić information content (AvgIpc) is 2.77. The van der Waals surface area contributed by atoms with Crippen LogP contribution in [0.4, 0.5) is 5.69 Å². The fourth-order valence-corrected chi connectivity index (χ4v) is 1.64. The molecular weight excluding hydrogens is 226 g/mol. The van der Waals surface area contributed by atoms with Gasteiger partial charge in [-0.3, -0.25) is 0 Å². The number of benzene rings is 1. The van der Waals surface area contributed by atoms with Crippen molar-refractivity contribution in [1.29, 1.82) is 0 Å². The lowest BCUT2D eigenvalue weighted by Crippen LogP contribution is -1.95. The molecule has 1 aromatic carbocycles. The molecule has 0 atom stereocenters. The second kappa shape index (κ2) is 4.45. The van der Waals surface area contributed by atoms with Crippen molar-refractivity contribution in [3.63, 3.8) is 0 Å². The Morgan fingerprint density at radius 3 is 2.81 bits per heavy atom. The van der Waals surface area contributed by atoms with Crippen molar-refractivity contribution in [1.82, 2.24) is 9.78 Å². The Morgan fingerprint density at radius 1 is 1.44 bits per heavy atom. The van der Waals surface area contributed by atoms with E-state index < -0.39 is 0 Å². The number of methoxy groups -OCH3 is 1. The smallest absolute Gasteiger partial charge is 0.137 e. The van der Waals surface area contributed by atoms with Crippen LogP contribution < -0.4 is 10.1 Å². The molecule has 2 aromatic rings. The van der Waals surface area contributed by atoms with Crippen LogP contribution in [0.25, 0.3) is 5.69 Å². The van der Waals surface area contributed by atoms with Gasteiger partial charge in [-0.2, -0.15) is 5.10 Å². The minimum Gasteiger partial charge on any atom is -0.495 e. The summed E-state index contributed by atoms with van der Waals surface area (Å²) >= 11 is 6.04. The van der Waals surface area contributed by atoms with E-state index in [-0.39, 0.29) is 0 Å². The largest absolute Gasteiger partial charge is 0.495 e. The number of aromatic nitrogens is 2. The SMILES string of the molecule is CNc1cnn(-c2ccc(OC)c(Cl)c2)c1. The zero-order chi connectivity index (χ0) is 11.5. The van der Waals surface area contributed by atoms with Gasteiger partial charge in [0.15, 0.2) is 0 Å². The normalized spacial score (nSPS) is 10.2. The highest BCUT2D eigenvalue weighted by Crippen LogP contribution is 2.26. The highest BCUT2D eigenvalue weighted by molar-refractivity contribution is 6.32. The van der Waals surface area contributed by atoms with Gasteiger partial charge in [-0.25, -0.2) is 4.68 Å². The van der Waals surface area contributed by atoms with Crippen LogP contribution in [-0.2, 0) is 0 Å². The molecule has 0 aliphatic rings. The van der Waals surface area contributed by atoms with Crippen LogP contribution in [0.1, 0.15) is 0 Å². The summed E-state index contributed by atoms with van der Waals surface area (Å²) in [7, 11) is 3.44. The first kappa shape index (κ1) is 10.8. The van der Waals surface area contributed by atoms with Crippen LogP contribution in [0.5, 0.6) is 5.75 Å². The number of hydrogen-bond acceptors (Lipinski definition) is 3. The molecule has 2 rings (SSSR count). The van der Waals surface area contributed by atoms with E-state index in [9.17, 15) is 0 Å². The monoisotopic (exact) mass is 237 g/mol. The molecule has 0 spiro atoms. The molecule has 0 radical (unpaired) electrons. The van der Waals surface area contributed by atoms with Crippen LogP contribution in [0, 0.1) is 0 Å². The lowest BCUT2D eigenvalue weighted by molar-refractivity contribution is 0.415. The lowest BCUT2D eigenvalue weighted by Gasteiger charge is -2.05. The maximum absolute atomic E-state index is 6.04. The zero-order valence-corrected chi connectivity index (χ0v) is 9.82. The molecule has 0 unspecified atom stereocenters. The molecule has 0 aliphatic carbocycles. The summed E-state index contributed by atoms with van der Waals surface area (Å²) in [5.41, 5.74) is 1.85. The maximum atomic E-state index is 6.04. The molecule has 84 valence electrons. The van der Waals surface area contributed by atoms with Crippen molar-refractivity contribution in [2.24, 2.45) is 0 Å². The Morgan fingerprint density at radius 2 is 2.25 bits per heavy atom. The number of halogens is 1. The van der Waals surface area contributed by atoms with Gasteiger partial charge in [0.05, 0.1) is 35.9 Å². The number of nitrogens with zero attached hydrogens (tertiary/aromatic N) is 2. The van der Waals surface area contributed by atoms with Crippen molar-refractivity contribution in [2.75, 3.05) is 19.5 Å². The molecule has 0 fully saturated rings. The Bertz CT molecular complexity index is 496. The Kier molecular flexibility index (Phi) is 3.01. The Balaban J connectivity index is 2.37. The third-order valence-electron chi connectivity index (χ3n) is 2.27. The third-order valence-corrected chi connectivity index (χ3v) is 2.57. The molecule has 0 saturated heterocycles. The molecule has 4 nitrogen and oxygen atoms in total. The summed E-state index contributed by atoms with van der Waals surface area (Å²) in [6, 6.07) is 5.53. The molecule has 0 bridgehead atoms. The number of hydrogen-bond donors (Lipinski definition) is 1. The number of nitrogens with one attached hydrogen (secondary N) is 1. The van der Waals surface area contributed by atoms with Gasteiger partial charge in [-0.15, -0.1) is 0 Å². The van der Waals surface area contributed by atoms with Crippen molar-refractivity contribution in [3.8, 4) is 11.4 Å². The molecule has 1 aromatic heterocycles. The first-order valence-corrected chi connectivity index (χ1v) is 5.18. The second-order valence-corrected chi connectivity index (χ2v) is 3.65. The first-order chi connectivity index (χ1) is 7.74. The molecule has 1 heterocycles. The van der Waals surface area contributed by atoms with Crippen LogP contribution in [-0.4, -0.2) is 23.9 Å². The summed E-state index contributed by atoms with van der Waals surface area (Å²) in [6.07, 6.45) is 3.64. The molecular formula is C11H12ClN3O. The molecule has 0 saturated carbocycles. The summed E-state index contributed by atoms with van der Waals surface area (Å²) < 4.78 is 6.84. The van der Waals surface area contributed by atoms with Gasteiger partial charge in [0.25, 0.3) is 0 Å². The van der Waals surface area contributed by atoms with Gasteiger partial charge in [0.2, 0.25) is 0 Å². The molecule has 16 heavy (non-hydrogen) atoms. The first-order valence-electron chi connectivity index (χ1n) is 4.81. The van der Waals surface area contributed by atoms with Crippen molar-refractivity contribution < 1.29 is 4.74 Å². The number of anilines is 1. The van der Waals surface area contributed by atoms with Crippen molar-refractivity contribution in [3.05, 3.63) is 35.6 Å². The summed E-state index contributed by atoms with van der Waals surface area (Å²) in [6.45, 7) is 0. The van der Waals surface area contributed by atoms with E-state index in [4.69, 9.17) is 16.3 Å². The minimum atomic E-state index is 0.571. The van der Waals surface area contributed by atoms with Gasteiger partial charge in [-0.1, -0.05) is 11.6 Å². The van der Waals surface area contributed by atoms with Crippen LogP contribution >= 0.6 is 11.6 Å². The lowest BCUT2D eigenvalue weighted by atomic mass is 10.3. The highest BCUT2D eigenvalue weighted by Gasteiger charge is 2.04. The Labute approximate surface area is 98.8 Å². The highest BCUT2D eigenvalue weighted by atomic mass is 35.5. The fourth-order valence-electron chi connectivity index (χ4n) is 1.39. The van der Waals surface area contributed by atoms with E-state index in [1.165, 1.54) is 0 Å². The average molecular weight is 238 g/mol. The predicted octanol–water partition coefficient (Wildman–Crippen LogP) is 2.58. The van der Waals surface area contributed by atoms with Gasteiger partial charge >= 0.3 is 0 Å². The molecule has 5 heteroatoms. The summed E-state index contributed by atoms with van der Waals surface area (Å²) in [4.78, 5) is 0. The van der Waals surface area contributed by atoms with Gasteiger partial charge in [0.1, 0.15) is 5.75 Å². The second-order valence-electron chi connectivity index (χ2n) is 3.24.